The minimum Gasteiger partial charge on any atom is -0.507 e. The Labute approximate surface area is 196 Å². The number of carbonyl (C=O) groups is 1. The summed E-state index contributed by atoms with van der Waals surface area (Å²) in [5.74, 6) is 0.290. The third kappa shape index (κ3) is 5.29. The number of phenolic OH excluding ortho intramolecular Hbond substituents is 2. The Morgan fingerprint density at radius 2 is 1.26 bits per heavy atom. The first kappa shape index (κ1) is 22.7. The van der Waals surface area contributed by atoms with Crippen molar-refractivity contribution in [1.29, 1.82) is 0 Å². The lowest BCUT2D eigenvalue weighted by atomic mass is 10.1. The van der Waals surface area contributed by atoms with Crippen LogP contribution in [0, 0.1) is 0 Å². The molecular weight excluding hydrogens is 434 g/mol. The van der Waals surface area contributed by atoms with Gasteiger partial charge in [0.25, 0.3) is 0 Å². The summed E-state index contributed by atoms with van der Waals surface area (Å²) in [5, 5.41) is 21.4. The Bertz CT molecular complexity index is 1200. The number of phenols is 2. The second-order valence-corrected chi connectivity index (χ2v) is 7.30. The van der Waals surface area contributed by atoms with E-state index in [-0.39, 0.29) is 54.2 Å². The molecule has 0 atom stereocenters. The largest absolute Gasteiger partial charge is 0.507 e. The summed E-state index contributed by atoms with van der Waals surface area (Å²) in [6.45, 7) is 1.84. The standard InChI is InChI=1S/C26H23N3O5/c1-2-22(32)34-14-13-33-19-15-20(30)23(21(31)16-19)26-28-24(17-9-5-3-6-10-17)27-25(29-26)18-11-7-4-8-12-18/h3-12,15-16,30-31H,2,13-14H2,1H3. The monoisotopic (exact) mass is 457 g/mol. The van der Waals surface area contributed by atoms with Crippen LogP contribution in [0.5, 0.6) is 17.2 Å². The Hall–Kier alpha value is -4.46. The highest BCUT2D eigenvalue weighted by atomic mass is 16.6. The van der Waals surface area contributed by atoms with Crippen LogP contribution < -0.4 is 4.74 Å². The topological polar surface area (TPSA) is 115 Å². The first-order valence-electron chi connectivity index (χ1n) is 10.8. The molecule has 0 spiro atoms. The molecule has 3 aromatic carbocycles. The van der Waals surface area contributed by atoms with E-state index in [1.807, 2.05) is 60.7 Å². The van der Waals surface area contributed by atoms with E-state index in [9.17, 15) is 15.0 Å². The Kier molecular flexibility index (Phi) is 6.98. The zero-order valence-electron chi connectivity index (χ0n) is 18.5. The Balaban J connectivity index is 1.70. The lowest BCUT2D eigenvalue weighted by Crippen LogP contribution is -2.11. The minimum absolute atomic E-state index is 0.0570. The number of ether oxygens (including phenoxy) is 2. The predicted octanol–water partition coefficient (Wildman–Crippen LogP) is 4.62. The molecule has 0 radical (unpaired) electrons. The second-order valence-electron chi connectivity index (χ2n) is 7.30. The van der Waals surface area contributed by atoms with Crippen LogP contribution in [0.4, 0.5) is 0 Å². The van der Waals surface area contributed by atoms with Gasteiger partial charge in [0.15, 0.2) is 17.5 Å². The van der Waals surface area contributed by atoms with Gasteiger partial charge in [-0.25, -0.2) is 15.0 Å². The number of hydrogen-bond donors (Lipinski definition) is 2. The number of benzene rings is 3. The van der Waals surface area contributed by atoms with Crippen LogP contribution in [-0.2, 0) is 9.53 Å². The molecule has 0 aliphatic heterocycles. The summed E-state index contributed by atoms with van der Waals surface area (Å²) in [5.41, 5.74) is 1.59. The second kappa shape index (κ2) is 10.4. The first-order chi connectivity index (χ1) is 16.5. The van der Waals surface area contributed by atoms with Crippen molar-refractivity contribution in [3.8, 4) is 51.4 Å². The number of rotatable bonds is 8. The summed E-state index contributed by atoms with van der Waals surface area (Å²) in [6.07, 6.45) is 0.276. The average Bonchev–Trinajstić information content (AvgIpc) is 2.87. The third-order valence-corrected chi connectivity index (χ3v) is 4.90. The number of esters is 1. The van der Waals surface area contributed by atoms with E-state index in [0.29, 0.717) is 11.6 Å². The van der Waals surface area contributed by atoms with Crippen molar-refractivity contribution in [1.82, 2.24) is 15.0 Å². The molecule has 0 aliphatic rings. The molecule has 8 heteroatoms. The van der Waals surface area contributed by atoms with Gasteiger partial charge < -0.3 is 19.7 Å². The molecule has 1 aromatic heterocycles. The predicted molar refractivity (Wildman–Crippen MR) is 126 cm³/mol. The summed E-state index contributed by atoms with van der Waals surface area (Å²) < 4.78 is 10.5. The van der Waals surface area contributed by atoms with Crippen molar-refractivity contribution < 1.29 is 24.5 Å². The summed E-state index contributed by atoms with van der Waals surface area (Å²) in [7, 11) is 0. The average molecular weight is 457 g/mol. The third-order valence-electron chi connectivity index (χ3n) is 4.90. The van der Waals surface area contributed by atoms with E-state index in [1.54, 1.807) is 6.92 Å². The molecule has 0 fully saturated rings. The Morgan fingerprint density at radius 1 is 0.765 bits per heavy atom. The molecule has 0 bridgehead atoms. The lowest BCUT2D eigenvalue weighted by molar-refractivity contribution is -0.143. The number of hydrogen-bond acceptors (Lipinski definition) is 8. The molecule has 8 nitrogen and oxygen atoms in total. The molecule has 0 saturated heterocycles. The maximum absolute atomic E-state index is 11.2. The number of nitrogens with zero attached hydrogens (tertiary/aromatic N) is 3. The van der Waals surface area contributed by atoms with Crippen molar-refractivity contribution in [2.24, 2.45) is 0 Å². The molecule has 0 aliphatic carbocycles. The van der Waals surface area contributed by atoms with Gasteiger partial charge in [-0.05, 0) is 0 Å². The SMILES string of the molecule is CCC(=O)OCCOc1cc(O)c(-c2nc(-c3ccccc3)nc(-c3ccccc3)n2)c(O)c1. The zero-order chi connectivity index (χ0) is 23.9. The van der Waals surface area contributed by atoms with Crippen LogP contribution >= 0.6 is 0 Å². The van der Waals surface area contributed by atoms with E-state index < -0.39 is 0 Å². The van der Waals surface area contributed by atoms with Crippen molar-refractivity contribution >= 4 is 5.97 Å². The highest BCUT2D eigenvalue weighted by molar-refractivity contribution is 5.75. The van der Waals surface area contributed by atoms with Crippen LogP contribution in [0.3, 0.4) is 0 Å². The van der Waals surface area contributed by atoms with Crippen LogP contribution in [0.15, 0.2) is 72.8 Å². The number of carbonyl (C=O) groups excluding carboxylic acids is 1. The van der Waals surface area contributed by atoms with Gasteiger partial charge in [-0.3, -0.25) is 4.79 Å². The Morgan fingerprint density at radius 3 is 1.76 bits per heavy atom. The fourth-order valence-electron chi connectivity index (χ4n) is 3.24. The van der Waals surface area contributed by atoms with Crippen LogP contribution in [0.1, 0.15) is 13.3 Å². The number of aromatic hydroxyl groups is 2. The van der Waals surface area contributed by atoms with Gasteiger partial charge in [-0.1, -0.05) is 67.6 Å². The normalized spacial score (nSPS) is 10.6. The molecule has 0 unspecified atom stereocenters. The first-order valence-corrected chi connectivity index (χ1v) is 10.8. The summed E-state index contributed by atoms with van der Waals surface area (Å²) >= 11 is 0. The minimum atomic E-state index is -0.331. The highest BCUT2D eigenvalue weighted by Crippen LogP contribution is 2.40. The highest BCUT2D eigenvalue weighted by Gasteiger charge is 2.19. The molecule has 172 valence electrons. The molecule has 4 aromatic rings. The molecule has 2 N–H and O–H groups in total. The van der Waals surface area contributed by atoms with Gasteiger partial charge in [0.1, 0.15) is 36.0 Å². The molecule has 4 rings (SSSR count). The van der Waals surface area contributed by atoms with Crippen LogP contribution in [0.2, 0.25) is 0 Å². The lowest BCUT2D eigenvalue weighted by Gasteiger charge is -2.13. The van der Waals surface area contributed by atoms with Gasteiger partial charge in [0.2, 0.25) is 0 Å². The van der Waals surface area contributed by atoms with Crippen molar-refractivity contribution in [3.63, 3.8) is 0 Å². The molecular formula is C26H23N3O5. The quantitative estimate of drug-likeness (QED) is 0.291. The fraction of sp³-hybridized carbons (Fsp3) is 0.154. The van der Waals surface area contributed by atoms with E-state index in [1.165, 1.54) is 12.1 Å². The van der Waals surface area contributed by atoms with Crippen LogP contribution in [0.25, 0.3) is 34.2 Å². The summed E-state index contributed by atoms with van der Waals surface area (Å²) in [4.78, 5) is 24.8. The van der Waals surface area contributed by atoms with Gasteiger partial charge in [-0.2, -0.15) is 0 Å². The van der Waals surface area contributed by atoms with E-state index >= 15 is 0 Å². The van der Waals surface area contributed by atoms with E-state index in [4.69, 9.17) is 9.47 Å². The van der Waals surface area contributed by atoms with E-state index in [2.05, 4.69) is 15.0 Å². The fourth-order valence-corrected chi connectivity index (χ4v) is 3.24. The summed E-state index contributed by atoms with van der Waals surface area (Å²) in [6, 6.07) is 21.5. The van der Waals surface area contributed by atoms with Gasteiger partial charge in [0, 0.05) is 29.7 Å². The molecule has 34 heavy (non-hydrogen) atoms. The van der Waals surface area contributed by atoms with Gasteiger partial charge >= 0.3 is 5.97 Å². The van der Waals surface area contributed by atoms with E-state index in [0.717, 1.165) is 11.1 Å². The van der Waals surface area contributed by atoms with Crippen LogP contribution in [-0.4, -0.2) is 44.3 Å². The van der Waals surface area contributed by atoms with Crippen molar-refractivity contribution in [2.75, 3.05) is 13.2 Å². The van der Waals surface area contributed by atoms with Crippen molar-refractivity contribution in [2.45, 2.75) is 13.3 Å². The van der Waals surface area contributed by atoms with Gasteiger partial charge in [0.05, 0.1) is 0 Å². The van der Waals surface area contributed by atoms with Crippen molar-refractivity contribution in [3.05, 3.63) is 72.8 Å². The molecule has 0 amide bonds. The molecule has 0 saturated carbocycles. The maximum Gasteiger partial charge on any atom is 0.305 e. The maximum atomic E-state index is 11.2. The van der Waals surface area contributed by atoms with Gasteiger partial charge in [-0.15, -0.1) is 0 Å². The smallest absolute Gasteiger partial charge is 0.305 e. The number of aromatic nitrogens is 3. The zero-order valence-corrected chi connectivity index (χ0v) is 18.5. The molecule has 1 heterocycles.